The van der Waals surface area contributed by atoms with Crippen molar-refractivity contribution in [1.82, 2.24) is 0 Å². The summed E-state index contributed by atoms with van der Waals surface area (Å²) in [5.74, 6) is 0. The van der Waals surface area contributed by atoms with E-state index < -0.39 is 0 Å². The lowest BCUT2D eigenvalue weighted by molar-refractivity contribution is 1.64. The van der Waals surface area contributed by atoms with E-state index >= 15 is 0 Å². The third-order valence-corrected chi connectivity index (χ3v) is 9.24. The zero-order chi connectivity index (χ0) is 29.0. The summed E-state index contributed by atoms with van der Waals surface area (Å²) >= 11 is 0. The molecule has 0 aliphatic heterocycles. The highest BCUT2D eigenvalue weighted by molar-refractivity contribution is 6.33. The van der Waals surface area contributed by atoms with Gasteiger partial charge in [-0.1, -0.05) is 170 Å². The number of hydrogen-bond acceptors (Lipinski definition) is 0. The molecular formula is C44H28. The Bertz CT molecular complexity index is 2430. The summed E-state index contributed by atoms with van der Waals surface area (Å²) in [4.78, 5) is 0. The quantitative estimate of drug-likeness (QED) is 0.150. The summed E-state index contributed by atoms with van der Waals surface area (Å²) in [5, 5.41) is 12.8. The monoisotopic (exact) mass is 556 g/mol. The van der Waals surface area contributed by atoms with Crippen LogP contribution in [0.2, 0.25) is 0 Å². The van der Waals surface area contributed by atoms with Crippen LogP contribution in [0.1, 0.15) is 0 Å². The molecule has 9 aromatic rings. The summed E-state index contributed by atoms with van der Waals surface area (Å²) in [5.41, 5.74) is 7.59. The van der Waals surface area contributed by atoms with Gasteiger partial charge in [-0.15, -0.1) is 0 Å². The van der Waals surface area contributed by atoms with Crippen molar-refractivity contribution in [3.05, 3.63) is 170 Å². The van der Waals surface area contributed by atoms with Crippen molar-refractivity contribution in [2.24, 2.45) is 0 Å². The normalized spacial score (nSPS) is 11.6. The molecule has 0 fully saturated rings. The second-order valence-electron chi connectivity index (χ2n) is 11.6. The minimum Gasteiger partial charge on any atom is -0.0622 e. The predicted molar refractivity (Wildman–Crippen MR) is 190 cm³/mol. The van der Waals surface area contributed by atoms with Crippen molar-refractivity contribution in [3.8, 4) is 33.4 Å². The fraction of sp³-hybridized carbons (Fsp3) is 0. The van der Waals surface area contributed by atoms with Gasteiger partial charge in [0.25, 0.3) is 0 Å². The van der Waals surface area contributed by atoms with Crippen LogP contribution in [0, 0.1) is 0 Å². The first-order valence-electron chi connectivity index (χ1n) is 15.3. The molecule has 0 radical (unpaired) electrons. The first kappa shape index (κ1) is 24.8. The molecule has 9 aromatic carbocycles. The number of hydrogen-bond donors (Lipinski definition) is 0. The van der Waals surface area contributed by atoms with Crippen LogP contribution in [0.4, 0.5) is 0 Å². The van der Waals surface area contributed by atoms with Gasteiger partial charge in [0.2, 0.25) is 0 Å². The van der Waals surface area contributed by atoms with E-state index in [1.807, 2.05) is 0 Å². The Balaban J connectivity index is 1.58. The van der Waals surface area contributed by atoms with Crippen molar-refractivity contribution >= 4 is 53.9 Å². The molecule has 0 heteroatoms. The van der Waals surface area contributed by atoms with E-state index in [9.17, 15) is 0 Å². The molecule has 9 rings (SSSR count). The molecule has 0 atom stereocenters. The number of fused-ring (bicyclic) bond motifs is 8. The maximum Gasteiger partial charge on any atom is -0.000785 e. The highest BCUT2D eigenvalue weighted by Gasteiger charge is 2.22. The van der Waals surface area contributed by atoms with E-state index in [1.54, 1.807) is 0 Å². The Morgan fingerprint density at radius 3 is 1.09 bits per heavy atom. The number of rotatable bonds is 3. The highest BCUT2D eigenvalue weighted by atomic mass is 14.2. The van der Waals surface area contributed by atoms with Crippen LogP contribution < -0.4 is 0 Å². The van der Waals surface area contributed by atoms with Gasteiger partial charge in [-0.3, -0.25) is 0 Å². The molecule has 0 amide bonds. The molecule has 44 heavy (non-hydrogen) atoms. The lowest BCUT2D eigenvalue weighted by Gasteiger charge is -2.23. The van der Waals surface area contributed by atoms with Gasteiger partial charge in [-0.25, -0.2) is 0 Å². The zero-order valence-electron chi connectivity index (χ0n) is 24.2. The molecule has 0 nitrogen and oxygen atoms in total. The molecule has 0 N–H and O–H groups in total. The third-order valence-electron chi connectivity index (χ3n) is 9.24. The highest BCUT2D eigenvalue weighted by Crippen LogP contribution is 2.50. The SMILES string of the molecule is c1ccc(-c2ccc3c4ccccc4c4ccccc4c3c2-c2c3ccccc3c(-c3ccccc3)c3ccccc23)cc1. The minimum atomic E-state index is 1.22. The van der Waals surface area contributed by atoms with Crippen LogP contribution in [0.3, 0.4) is 0 Å². The summed E-state index contributed by atoms with van der Waals surface area (Å²) in [7, 11) is 0. The molecule has 204 valence electrons. The Morgan fingerprint density at radius 1 is 0.205 bits per heavy atom. The van der Waals surface area contributed by atoms with Crippen LogP contribution in [-0.4, -0.2) is 0 Å². The summed E-state index contributed by atoms with van der Waals surface area (Å²) in [6, 6.07) is 62.2. The molecule has 0 spiro atoms. The van der Waals surface area contributed by atoms with E-state index in [-0.39, 0.29) is 0 Å². The van der Waals surface area contributed by atoms with Gasteiger partial charge < -0.3 is 0 Å². The van der Waals surface area contributed by atoms with Crippen LogP contribution in [0.5, 0.6) is 0 Å². The third kappa shape index (κ3) is 3.65. The molecule has 0 aromatic heterocycles. The lowest BCUT2D eigenvalue weighted by atomic mass is 9.80. The maximum atomic E-state index is 2.35. The fourth-order valence-corrected chi connectivity index (χ4v) is 7.43. The van der Waals surface area contributed by atoms with Crippen molar-refractivity contribution in [2.45, 2.75) is 0 Å². The van der Waals surface area contributed by atoms with Gasteiger partial charge in [-0.2, -0.15) is 0 Å². The molecule has 0 saturated carbocycles. The van der Waals surface area contributed by atoms with Crippen LogP contribution in [0.25, 0.3) is 87.2 Å². The van der Waals surface area contributed by atoms with Crippen molar-refractivity contribution in [3.63, 3.8) is 0 Å². The summed E-state index contributed by atoms with van der Waals surface area (Å²) < 4.78 is 0. The van der Waals surface area contributed by atoms with E-state index in [4.69, 9.17) is 0 Å². The van der Waals surface area contributed by atoms with Crippen LogP contribution in [-0.2, 0) is 0 Å². The summed E-state index contributed by atoms with van der Waals surface area (Å²) in [6.07, 6.45) is 0. The second-order valence-corrected chi connectivity index (χ2v) is 11.6. The van der Waals surface area contributed by atoms with E-state index in [0.29, 0.717) is 0 Å². The maximum absolute atomic E-state index is 2.35. The van der Waals surface area contributed by atoms with Crippen LogP contribution >= 0.6 is 0 Å². The predicted octanol–water partition coefficient (Wildman–Crippen LogP) is 12.5. The fourth-order valence-electron chi connectivity index (χ4n) is 7.43. The topological polar surface area (TPSA) is 0 Å². The Labute approximate surface area is 256 Å². The van der Waals surface area contributed by atoms with Crippen molar-refractivity contribution < 1.29 is 0 Å². The smallest absolute Gasteiger partial charge is 0.000785 e. The zero-order valence-corrected chi connectivity index (χ0v) is 24.2. The largest absolute Gasteiger partial charge is 0.0622 e. The molecule has 0 saturated heterocycles. The standard InChI is InChI=1S/C44H28/c1-3-15-29(16-4-1)31-27-28-40-34-21-8-7-19-32(34)33-20-9-10-22-35(33)42(40)44(31)43-38-25-13-11-23-36(38)41(30-17-5-2-6-18-30)37-24-12-14-26-39(37)43/h1-28H. The van der Waals surface area contributed by atoms with Gasteiger partial charge in [0.05, 0.1) is 0 Å². The van der Waals surface area contributed by atoms with E-state index in [1.165, 1.54) is 87.2 Å². The first-order valence-corrected chi connectivity index (χ1v) is 15.3. The molecule has 0 aliphatic rings. The Morgan fingerprint density at radius 2 is 0.568 bits per heavy atom. The molecule has 0 aliphatic carbocycles. The molecule has 0 bridgehead atoms. The van der Waals surface area contributed by atoms with E-state index in [2.05, 4.69) is 170 Å². The molecular weight excluding hydrogens is 528 g/mol. The van der Waals surface area contributed by atoms with Gasteiger partial charge >= 0.3 is 0 Å². The van der Waals surface area contributed by atoms with Gasteiger partial charge in [0.15, 0.2) is 0 Å². The van der Waals surface area contributed by atoms with Crippen molar-refractivity contribution in [2.75, 3.05) is 0 Å². The van der Waals surface area contributed by atoms with E-state index in [0.717, 1.165) is 0 Å². The van der Waals surface area contributed by atoms with Gasteiger partial charge in [0.1, 0.15) is 0 Å². The average Bonchev–Trinajstić information content (AvgIpc) is 3.11. The number of benzene rings is 9. The average molecular weight is 557 g/mol. The first-order chi connectivity index (χ1) is 21.9. The second kappa shape index (κ2) is 9.93. The van der Waals surface area contributed by atoms with Gasteiger partial charge in [0, 0.05) is 0 Å². The Kier molecular flexibility index (Phi) is 5.61. The molecule has 0 unspecified atom stereocenters. The van der Waals surface area contributed by atoms with Gasteiger partial charge in [-0.05, 0) is 87.2 Å². The minimum absolute atomic E-state index is 1.22. The molecule has 0 heterocycles. The lowest BCUT2D eigenvalue weighted by Crippen LogP contribution is -1.95. The Hall–Kier alpha value is -5.72. The summed E-state index contributed by atoms with van der Waals surface area (Å²) in [6.45, 7) is 0. The van der Waals surface area contributed by atoms with Crippen LogP contribution in [0.15, 0.2) is 170 Å². The van der Waals surface area contributed by atoms with Crippen molar-refractivity contribution in [1.29, 1.82) is 0 Å².